The van der Waals surface area contributed by atoms with E-state index in [9.17, 15) is 14.4 Å². The Balaban J connectivity index is 1.57. The summed E-state index contributed by atoms with van der Waals surface area (Å²) in [6.07, 6.45) is 1.44. The summed E-state index contributed by atoms with van der Waals surface area (Å²) in [5, 5.41) is 0. The van der Waals surface area contributed by atoms with E-state index in [0.29, 0.717) is 11.4 Å². The topological polar surface area (TPSA) is 101 Å². The number of amides is 3. The number of anilines is 1. The minimum atomic E-state index is -0.560. The monoisotopic (exact) mass is 343 g/mol. The van der Waals surface area contributed by atoms with Gasteiger partial charge in [0.15, 0.2) is 5.76 Å². The van der Waals surface area contributed by atoms with Crippen molar-refractivity contribution in [3.63, 3.8) is 0 Å². The molecule has 0 spiro atoms. The van der Waals surface area contributed by atoms with Crippen LogP contribution in [-0.4, -0.2) is 31.4 Å². The molecule has 1 aromatic carbocycles. The van der Waals surface area contributed by atoms with Gasteiger partial charge in [-0.25, -0.2) is 0 Å². The molecule has 8 heteroatoms. The van der Waals surface area contributed by atoms with E-state index in [1.54, 1.807) is 37.4 Å². The summed E-state index contributed by atoms with van der Waals surface area (Å²) in [6, 6.07) is 10.1. The number of nitrogens with zero attached hydrogens (tertiary/aromatic N) is 1. The molecule has 1 aliphatic heterocycles. The molecule has 130 valence electrons. The lowest BCUT2D eigenvalue weighted by atomic mass is 10.1. The molecule has 1 aliphatic rings. The fraction of sp³-hybridized carbons (Fsp3) is 0.235. The van der Waals surface area contributed by atoms with Gasteiger partial charge in [-0.1, -0.05) is 0 Å². The first-order valence-electron chi connectivity index (χ1n) is 7.66. The third kappa shape index (κ3) is 3.63. The van der Waals surface area contributed by atoms with Crippen molar-refractivity contribution in [2.24, 2.45) is 5.92 Å². The quantitative estimate of drug-likeness (QED) is 0.810. The van der Waals surface area contributed by atoms with Crippen molar-refractivity contribution in [2.45, 2.75) is 6.42 Å². The molecule has 0 unspecified atom stereocenters. The molecule has 1 fully saturated rings. The Labute approximate surface area is 143 Å². The van der Waals surface area contributed by atoms with Gasteiger partial charge < -0.3 is 14.1 Å². The molecule has 1 aromatic heterocycles. The standard InChI is InChI=1S/C17H17N3O5/c1-24-13-6-4-12(5-7-13)20-10-11(9-15(20)21)16(22)18-19-17(23)14-3-2-8-25-14/h2-8,11H,9-10H2,1H3,(H,18,22)(H,19,23)/t11-/m0/s1. The van der Waals surface area contributed by atoms with E-state index in [1.165, 1.54) is 17.2 Å². The van der Waals surface area contributed by atoms with Crippen LogP contribution in [0, 0.1) is 5.92 Å². The Morgan fingerprint density at radius 3 is 2.60 bits per heavy atom. The number of hydrogen-bond donors (Lipinski definition) is 2. The van der Waals surface area contributed by atoms with Crippen molar-refractivity contribution < 1.29 is 23.5 Å². The number of methoxy groups -OCH3 is 1. The number of hydrazine groups is 1. The van der Waals surface area contributed by atoms with Gasteiger partial charge in [0.25, 0.3) is 0 Å². The first-order chi connectivity index (χ1) is 12.1. The zero-order valence-electron chi connectivity index (χ0n) is 13.5. The molecule has 1 atom stereocenters. The lowest BCUT2D eigenvalue weighted by molar-refractivity contribution is -0.126. The summed E-state index contributed by atoms with van der Waals surface area (Å²) in [5.41, 5.74) is 5.29. The number of hydrogen-bond acceptors (Lipinski definition) is 5. The van der Waals surface area contributed by atoms with E-state index in [-0.39, 0.29) is 24.6 Å². The number of furan rings is 1. The fourth-order valence-electron chi connectivity index (χ4n) is 2.58. The minimum absolute atomic E-state index is 0.0779. The van der Waals surface area contributed by atoms with Crippen LogP contribution in [0.2, 0.25) is 0 Å². The van der Waals surface area contributed by atoms with Crippen LogP contribution >= 0.6 is 0 Å². The second-order valence-corrected chi connectivity index (χ2v) is 5.52. The van der Waals surface area contributed by atoms with Gasteiger partial charge in [-0.05, 0) is 36.4 Å². The Bertz CT molecular complexity index is 770. The van der Waals surface area contributed by atoms with Gasteiger partial charge in [0.05, 0.1) is 19.3 Å². The van der Waals surface area contributed by atoms with E-state index in [0.717, 1.165) is 0 Å². The molecular formula is C17H17N3O5. The van der Waals surface area contributed by atoms with Gasteiger partial charge in [0.2, 0.25) is 11.8 Å². The molecule has 3 rings (SSSR count). The minimum Gasteiger partial charge on any atom is -0.497 e. The molecule has 3 amide bonds. The first kappa shape index (κ1) is 16.6. The van der Waals surface area contributed by atoms with E-state index < -0.39 is 17.7 Å². The average molecular weight is 343 g/mol. The number of carbonyl (C=O) groups excluding carboxylic acids is 3. The van der Waals surface area contributed by atoms with Crippen molar-refractivity contribution in [1.82, 2.24) is 10.9 Å². The maximum atomic E-state index is 12.2. The summed E-state index contributed by atoms with van der Waals surface area (Å²) in [7, 11) is 1.56. The predicted octanol–water partition coefficient (Wildman–Crippen LogP) is 1.10. The van der Waals surface area contributed by atoms with Crippen molar-refractivity contribution in [3.05, 3.63) is 48.4 Å². The number of carbonyl (C=O) groups is 3. The molecule has 0 bridgehead atoms. The molecule has 2 N–H and O–H groups in total. The van der Waals surface area contributed by atoms with Gasteiger partial charge in [-0.15, -0.1) is 0 Å². The zero-order chi connectivity index (χ0) is 17.8. The summed E-state index contributed by atoms with van der Waals surface area (Å²) in [4.78, 5) is 37.6. The highest BCUT2D eigenvalue weighted by Gasteiger charge is 2.35. The molecule has 8 nitrogen and oxygen atoms in total. The van der Waals surface area contributed by atoms with E-state index in [1.807, 2.05) is 0 Å². The van der Waals surface area contributed by atoms with Crippen LogP contribution in [0.5, 0.6) is 5.75 Å². The Morgan fingerprint density at radius 1 is 1.20 bits per heavy atom. The fourth-order valence-corrected chi connectivity index (χ4v) is 2.58. The molecule has 0 saturated carbocycles. The highest BCUT2D eigenvalue weighted by Crippen LogP contribution is 2.26. The van der Waals surface area contributed by atoms with Gasteiger partial charge in [-0.2, -0.15) is 0 Å². The van der Waals surface area contributed by atoms with Crippen molar-refractivity contribution in [1.29, 1.82) is 0 Å². The third-order valence-corrected chi connectivity index (χ3v) is 3.92. The Morgan fingerprint density at radius 2 is 1.96 bits per heavy atom. The lowest BCUT2D eigenvalue weighted by Crippen LogP contribution is -2.45. The van der Waals surface area contributed by atoms with Gasteiger partial charge in [-0.3, -0.25) is 25.2 Å². The summed E-state index contributed by atoms with van der Waals surface area (Å²) >= 11 is 0. The second-order valence-electron chi connectivity index (χ2n) is 5.52. The largest absolute Gasteiger partial charge is 0.497 e. The summed E-state index contributed by atoms with van der Waals surface area (Å²) in [6.45, 7) is 0.244. The zero-order valence-corrected chi connectivity index (χ0v) is 13.5. The highest BCUT2D eigenvalue weighted by atomic mass is 16.5. The van der Waals surface area contributed by atoms with Crippen LogP contribution in [0.15, 0.2) is 47.1 Å². The average Bonchev–Trinajstić information content (AvgIpc) is 3.29. The van der Waals surface area contributed by atoms with Crippen LogP contribution in [0.1, 0.15) is 17.0 Å². The number of nitrogens with one attached hydrogen (secondary N) is 2. The molecule has 2 aromatic rings. The molecule has 2 heterocycles. The highest BCUT2D eigenvalue weighted by molar-refractivity contribution is 6.01. The van der Waals surface area contributed by atoms with Gasteiger partial charge in [0, 0.05) is 18.7 Å². The van der Waals surface area contributed by atoms with Gasteiger partial charge >= 0.3 is 5.91 Å². The summed E-state index contributed by atoms with van der Waals surface area (Å²) < 4.78 is 10.0. The van der Waals surface area contributed by atoms with Crippen LogP contribution in [0.25, 0.3) is 0 Å². The summed E-state index contributed by atoms with van der Waals surface area (Å²) in [5.74, 6) is -0.916. The normalized spacial score (nSPS) is 16.6. The second kappa shape index (κ2) is 7.08. The van der Waals surface area contributed by atoms with Crippen molar-refractivity contribution in [2.75, 3.05) is 18.6 Å². The maximum absolute atomic E-state index is 12.2. The smallest absolute Gasteiger partial charge is 0.305 e. The molecule has 0 radical (unpaired) electrons. The number of benzene rings is 1. The Kier molecular flexibility index (Phi) is 4.69. The molecule has 25 heavy (non-hydrogen) atoms. The Hall–Kier alpha value is -3.29. The molecule has 1 saturated heterocycles. The van der Waals surface area contributed by atoms with Crippen LogP contribution in [0.4, 0.5) is 5.69 Å². The van der Waals surface area contributed by atoms with Crippen LogP contribution in [0.3, 0.4) is 0 Å². The third-order valence-electron chi connectivity index (χ3n) is 3.92. The lowest BCUT2D eigenvalue weighted by Gasteiger charge is -2.17. The van der Waals surface area contributed by atoms with E-state index >= 15 is 0 Å². The SMILES string of the molecule is COc1ccc(N2C[C@@H](C(=O)NNC(=O)c3ccco3)CC2=O)cc1. The van der Waals surface area contributed by atoms with Crippen molar-refractivity contribution in [3.8, 4) is 5.75 Å². The molecular weight excluding hydrogens is 326 g/mol. The first-order valence-corrected chi connectivity index (χ1v) is 7.66. The van der Waals surface area contributed by atoms with Crippen LogP contribution < -0.4 is 20.5 Å². The number of ether oxygens (including phenoxy) is 1. The number of rotatable bonds is 4. The van der Waals surface area contributed by atoms with Gasteiger partial charge in [0.1, 0.15) is 5.75 Å². The van der Waals surface area contributed by atoms with E-state index in [4.69, 9.17) is 9.15 Å². The van der Waals surface area contributed by atoms with E-state index in [2.05, 4.69) is 10.9 Å². The van der Waals surface area contributed by atoms with Crippen LogP contribution in [-0.2, 0) is 9.59 Å². The predicted molar refractivity (Wildman–Crippen MR) is 87.8 cm³/mol. The maximum Gasteiger partial charge on any atom is 0.305 e. The van der Waals surface area contributed by atoms with Crippen molar-refractivity contribution >= 4 is 23.4 Å². The molecule has 0 aliphatic carbocycles.